The average molecular weight is 303 g/mol. The van der Waals surface area contributed by atoms with E-state index in [0.717, 1.165) is 44.3 Å². The Morgan fingerprint density at radius 2 is 2.14 bits per heavy atom. The average Bonchev–Trinajstić information content (AvgIpc) is 3.20. The molecular formula is C15H21N5O2. The summed E-state index contributed by atoms with van der Waals surface area (Å²) in [6.45, 7) is 5.42. The van der Waals surface area contributed by atoms with Gasteiger partial charge in [-0.1, -0.05) is 0 Å². The number of aromatic amines is 1. The highest BCUT2D eigenvalue weighted by atomic mass is 16.3. The first-order valence-electron chi connectivity index (χ1n) is 7.51. The fourth-order valence-corrected chi connectivity index (χ4v) is 2.56. The number of H-pyrrole nitrogens is 1. The van der Waals surface area contributed by atoms with Gasteiger partial charge in [-0.2, -0.15) is 0 Å². The summed E-state index contributed by atoms with van der Waals surface area (Å²) >= 11 is 0. The van der Waals surface area contributed by atoms with Crippen molar-refractivity contribution in [1.29, 1.82) is 0 Å². The van der Waals surface area contributed by atoms with Crippen LogP contribution in [0.25, 0.3) is 0 Å². The SMILES string of the molecule is O=C(CN1CCN(Cc2ncc[nH]2)CC1)NCc1ccco1. The van der Waals surface area contributed by atoms with Crippen LogP contribution < -0.4 is 5.32 Å². The van der Waals surface area contributed by atoms with Crippen LogP contribution in [0.2, 0.25) is 0 Å². The van der Waals surface area contributed by atoms with Gasteiger partial charge in [0.1, 0.15) is 11.6 Å². The van der Waals surface area contributed by atoms with Crippen LogP contribution in [0.5, 0.6) is 0 Å². The fraction of sp³-hybridized carbons (Fsp3) is 0.467. The van der Waals surface area contributed by atoms with E-state index >= 15 is 0 Å². The zero-order valence-corrected chi connectivity index (χ0v) is 12.5. The van der Waals surface area contributed by atoms with Gasteiger partial charge in [0.15, 0.2) is 0 Å². The van der Waals surface area contributed by atoms with Crippen LogP contribution in [0, 0.1) is 0 Å². The highest BCUT2D eigenvalue weighted by Crippen LogP contribution is 2.05. The lowest BCUT2D eigenvalue weighted by atomic mass is 10.3. The lowest BCUT2D eigenvalue weighted by Crippen LogP contribution is -2.49. The topological polar surface area (TPSA) is 77.4 Å². The summed E-state index contributed by atoms with van der Waals surface area (Å²) in [7, 11) is 0. The van der Waals surface area contributed by atoms with Crippen molar-refractivity contribution in [3.63, 3.8) is 0 Å². The molecule has 1 aliphatic rings. The van der Waals surface area contributed by atoms with Gasteiger partial charge in [0, 0.05) is 38.6 Å². The highest BCUT2D eigenvalue weighted by molar-refractivity contribution is 5.77. The molecular weight excluding hydrogens is 282 g/mol. The molecule has 118 valence electrons. The van der Waals surface area contributed by atoms with Crippen molar-refractivity contribution in [2.75, 3.05) is 32.7 Å². The first-order valence-corrected chi connectivity index (χ1v) is 7.51. The van der Waals surface area contributed by atoms with E-state index in [0.29, 0.717) is 13.1 Å². The van der Waals surface area contributed by atoms with Gasteiger partial charge in [0.25, 0.3) is 0 Å². The number of nitrogens with zero attached hydrogens (tertiary/aromatic N) is 3. The number of amides is 1. The minimum absolute atomic E-state index is 0.0379. The number of carbonyl (C=O) groups excluding carboxylic acids is 1. The standard InChI is InChI=1S/C15H21N5O2/c21-15(18-10-13-2-1-9-22-13)12-20-7-5-19(6-8-20)11-14-16-3-4-17-14/h1-4,9H,5-8,10-12H2,(H,16,17)(H,18,21). The predicted molar refractivity (Wildman–Crippen MR) is 80.9 cm³/mol. The van der Waals surface area contributed by atoms with Crippen molar-refractivity contribution in [1.82, 2.24) is 25.1 Å². The molecule has 7 nitrogen and oxygen atoms in total. The molecule has 3 heterocycles. The largest absolute Gasteiger partial charge is 0.467 e. The van der Waals surface area contributed by atoms with Crippen LogP contribution in [0.1, 0.15) is 11.6 Å². The highest BCUT2D eigenvalue weighted by Gasteiger charge is 2.19. The van der Waals surface area contributed by atoms with E-state index in [9.17, 15) is 4.79 Å². The van der Waals surface area contributed by atoms with Crippen molar-refractivity contribution in [3.8, 4) is 0 Å². The summed E-state index contributed by atoms with van der Waals surface area (Å²) in [6.07, 6.45) is 5.23. The van der Waals surface area contributed by atoms with Gasteiger partial charge >= 0.3 is 0 Å². The Bertz CT molecular complexity index is 559. The second-order valence-electron chi connectivity index (χ2n) is 5.44. The lowest BCUT2D eigenvalue weighted by Gasteiger charge is -2.33. The second-order valence-corrected chi connectivity index (χ2v) is 5.44. The van der Waals surface area contributed by atoms with Crippen LogP contribution in [0.15, 0.2) is 35.2 Å². The Hall–Kier alpha value is -2.12. The van der Waals surface area contributed by atoms with Crippen molar-refractivity contribution in [3.05, 3.63) is 42.4 Å². The van der Waals surface area contributed by atoms with Crippen LogP contribution in [-0.4, -0.2) is 58.4 Å². The van der Waals surface area contributed by atoms with Gasteiger partial charge in [0.2, 0.25) is 5.91 Å². The molecule has 7 heteroatoms. The van der Waals surface area contributed by atoms with Gasteiger partial charge in [-0.3, -0.25) is 14.6 Å². The van der Waals surface area contributed by atoms with E-state index in [1.807, 2.05) is 18.3 Å². The number of furan rings is 1. The molecule has 0 aromatic carbocycles. The third-order valence-electron chi connectivity index (χ3n) is 3.80. The Morgan fingerprint density at radius 1 is 1.32 bits per heavy atom. The molecule has 2 aromatic heterocycles. The lowest BCUT2D eigenvalue weighted by molar-refractivity contribution is -0.122. The van der Waals surface area contributed by atoms with Gasteiger partial charge in [-0.05, 0) is 12.1 Å². The Labute approximate surface area is 129 Å². The molecule has 1 saturated heterocycles. The summed E-state index contributed by atoms with van der Waals surface area (Å²) in [5, 5.41) is 2.88. The Kier molecular flexibility index (Phi) is 4.87. The maximum atomic E-state index is 11.9. The maximum Gasteiger partial charge on any atom is 0.234 e. The molecule has 1 amide bonds. The van der Waals surface area contributed by atoms with Crippen molar-refractivity contribution >= 4 is 5.91 Å². The van der Waals surface area contributed by atoms with Crippen LogP contribution in [0.4, 0.5) is 0 Å². The van der Waals surface area contributed by atoms with E-state index in [1.165, 1.54) is 0 Å². The van der Waals surface area contributed by atoms with E-state index in [2.05, 4.69) is 25.1 Å². The zero-order valence-electron chi connectivity index (χ0n) is 12.5. The normalized spacial score (nSPS) is 16.7. The fourth-order valence-electron chi connectivity index (χ4n) is 2.56. The zero-order chi connectivity index (χ0) is 15.2. The van der Waals surface area contributed by atoms with E-state index < -0.39 is 0 Å². The molecule has 0 atom stereocenters. The maximum absolute atomic E-state index is 11.9. The first-order chi connectivity index (χ1) is 10.8. The number of aromatic nitrogens is 2. The molecule has 0 bridgehead atoms. The Balaban J connectivity index is 1.35. The van der Waals surface area contributed by atoms with Gasteiger partial charge < -0.3 is 14.7 Å². The van der Waals surface area contributed by atoms with Crippen LogP contribution >= 0.6 is 0 Å². The Morgan fingerprint density at radius 3 is 2.82 bits per heavy atom. The summed E-state index contributed by atoms with van der Waals surface area (Å²) in [6, 6.07) is 3.67. The second kappa shape index (κ2) is 7.24. The summed E-state index contributed by atoms with van der Waals surface area (Å²) in [5.74, 6) is 1.80. The molecule has 0 radical (unpaired) electrons. The smallest absolute Gasteiger partial charge is 0.234 e. The number of rotatable bonds is 6. The number of hydrogen-bond acceptors (Lipinski definition) is 5. The third-order valence-corrected chi connectivity index (χ3v) is 3.80. The molecule has 0 aliphatic carbocycles. The minimum atomic E-state index is 0.0379. The van der Waals surface area contributed by atoms with Gasteiger partial charge in [-0.15, -0.1) is 0 Å². The number of imidazole rings is 1. The number of nitrogens with one attached hydrogen (secondary N) is 2. The van der Waals surface area contributed by atoms with Gasteiger partial charge in [0.05, 0.1) is 25.9 Å². The molecule has 0 spiro atoms. The molecule has 22 heavy (non-hydrogen) atoms. The van der Waals surface area contributed by atoms with E-state index in [-0.39, 0.29) is 5.91 Å². The molecule has 3 rings (SSSR count). The molecule has 0 unspecified atom stereocenters. The van der Waals surface area contributed by atoms with E-state index in [1.54, 1.807) is 12.5 Å². The molecule has 2 aromatic rings. The summed E-state index contributed by atoms with van der Waals surface area (Å²) in [4.78, 5) is 23.8. The predicted octanol–water partition coefficient (Wildman–Crippen LogP) is 0.437. The van der Waals surface area contributed by atoms with Crippen molar-refractivity contribution in [2.24, 2.45) is 0 Å². The van der Waals surface area contributed by atoms with E-state index in [4.69, 9.17) is 4.42 Å². The summed E-state index contributed by atoms with van der Waals surface area (Å²) < 4.78 is 5.19. The van der Waals surface area contributed by atoms with Crippen LogP contribution in [-0.2, 0) is 17.9 Å². The quantitative estimate of drug-likeness (QED) is 0.809. The monoisotopic (exact) mass is 303 g/mol. The molecule has 1 fully saturated rings. The molecule has 2 N–H and O–H groups in total. The number of carbonyl (C=O) groups is 1. The third kappa shape index (κ3) is 4.19. The first kappa shape index (κ1) is 14.8. The molecule has 1 aliphatic heterocycles. The van der Waals surface area contributed by atoms with Crippen molar-refractivity contribution < 1.29 is 9.21 Å². The number of piperazine rings is 1. The minimum Gasteiger partial charge on any atom is -0.467 e. The van der Waals surface area contributed by atoms with Gasteiger partial charge in [-0.25, -0.2) is 4.98 Å². The number of hydrogen-bond donors (Lipinski definition) is 2. The molecule has 0 saturated carbocycles. The van der Waals surface area contributed by atoms with Crippen molar-refractivity contribution in [2.45, 2.75) is 13.1 Å². The van der Waals surface area contributed by atoms with Crippen LogP contribution in [0.3, 0.4) is 0 Å². The summed E-state index contributed by atoms with van der Waals surface area (Å²) in [5.41, 5.74) is 0.